The quantitative estimate of drug-likeness (QED) is 0.576. The molecule has 2 aliphatic heterocycles. The number of nitrogens with zero attached hydrogens (tertiary/aromatic N) is 1. The van der Waals surface area contributed by atoms with E-state index in [1.807, 2.05) is 42.5 Å². The molecule has 0 atom stereocenters. The second-order valence-electron chi connectivity index (χ2n) is 8.54. The van der Waals surface area contributed by atoms with Crippen LogP contribution in [0, 0.1) is 5.82 Å². The van der Waals surface area contributed by atoms with Crippen LogP contribution in [0.2, 0.25) is 0 Å². The van der Waals surface area contributed by atoms with Crippen molar-refractivity contribution in [2.75, 3.05) is 19.7 Å². The zero-order valence-electron chi connectivity index (χ0n) is 18.2. The summed E-state index contributed by atoms with van der Waals surface area (Å²) in [4.78, 5) is 2.05. The number of benzene rings is 3. The van der Waals surface area contributed by atoms with Gasteiger partial charge in [-0.2, -0.15) is 0 Å². The zero-order valence-corrected chi connectivity index (χ0v) is 18.2. The Kier molecular flexibility index (Phi) is 5.68. The van der Waals surface area contributed by atoms with Crippen molar-refractivity contribution in [3.8, 4) is 11.5 Å². The second kappa shape index (κ2) is 8.79. The second-order valence-corrected chi connectivity index (χ2v) is 8.54. The van der Waals surface area contributed by atoms with Gasteiger partial charge >= 0.3 is 0 Å². The van der Waals surface area contributed by atoms with Gasteiger partial charge in [0, 0.05) is 19.2 Å². The van der Waals surface area contributed by atoms with E-state index >= 15 is 0 Å². The van der Waals surface area contributed by atoms with E-state index in [1.165, 1.54) is 12.1 Å². The molecule has 3 aromatic carbocycles. The minimum absolute atomic E-state index is 0.193. The third-order valence-electron chi connectivity index (χ3n) is 6.45. The number of halogens is 1. The maximum atomic E-state index is 13.2. The SMILES string of the molecule is OC1=C(N2CCC(O)(c3ccc(F)cc3)CC2)COc2cc(OCc3ccccc3)ccc21. The number of hydrogen-bond acceptors (Lipinski definition) is 5. The van der Waals surface area contributed by atoms with Crippen LogP contribution in [0.5, 0.6) is 11.5 Å². The molecule has 0 aromatic heterocycles. The van der Waals surface area contributed by atoms with Crippen LogP contribution in [0.15, 0.2) is 78.5 Å². The molecule has 0 radical (unpaired) electrons. The predicted octanol–water partition coefficient (Wildman–Crippen LogP) is 5.01. The lowest BCUT2D eigenvalue weighted by Crippen LogP contribution is -2.43. The standard InChI is InChI=1S/C27H26FNO4/c28-21-8-6-20(7-9-21)27(31)12-14-29(15-13-27)24-18-33-25-16-22(10-11-23(25)26(24)30)32-17-19-4-2-1-3-5-19/h1-11,16,30-31H,12-15,17-18H2. The van der Waals surface area contributed by atoms with Crippen LogP contribution >= 0.6 is 0 Å². The first-order valence-electron chi connectivity index (χ1n) is 11.1. The summed E-state index contributed by atoms with van der Waals surface area (Å²) < 4.78 is 25.1. The summed E-state index contributed by atoms with van der Waals surface area (Å²) >= 11 is 0. The summed E-state index contributed by atoms with van der Waals surface area (Å²) in [5, 5.41) is 22.0. The molecule has 2 N–H and O–H groups in total. The molecule has 0 bridgehead atoms. The first-order chi connectivity index (χ1) is 16.0. The summed E-state index contributed by atoms with van der Waals surface area (Å²) in [5.41, 5.74) is 2.13. The predicted molar refractivity (Wildman–Crippen MR) is 123 cm³/mol. The Bertz CT molecular complexity index is 1150. The van der Waals surface area contributed by atoms with Crippen molar-refractivity contribution in [2.24, 2.45) is 0 Å². The first kappa shape index (κ1) is 21.3. The minimum Gasteiger partial charge on any atom is -0.505 e. The minimum atomic E-state index is -1.00. The molecule has 0 aliphatic carbocycles. The average Bonchev–Trinajstić information content (AvgIpc) is 2.85. The molecule has 5 nitrogen and oxygen atoms in total. The molecule has 0 amide bonds. The maximum absolute atomic E-state index is 13.2. The van der Waals surface area contributed by atoms with Gasteiger partial charge in [-0.25, -0.2) is 4.39 Å². The molecule has 2 aliphatic rings. The van der Waals surface area contributed by atoms with Crippen molar-refractivity contribution in [1.82, 2.24) is 4.90 Å². The van der Waals surface area contributed by atoms with Crippen LogP contribution in [0.25, 0.3) is 5.76 Å². The summed E-state index contributed by atoms with van der Waals surface area (Å²) in [6, 6.07) is 21.4. The monoisotopic (exact) mass is 447 g/mol. The highest BCUT2D eigenvalue weighted by Crippen LogP contribution is 2.39. The van der Waals surface area contributed by atoms with E-state index in [1.54, 1.807) is 18.2 Å². The highest BCUT2D eigenvalue weighted by atomic mass is 19.1. The van der Waals surface area contributed by atoms with E-state index in [9.17, 15) is 14.6 Å². The van der Waals surface area contributed by atoms with Crippen LogP contribution in [-0.2, 0) is 12.2 Å². The summed E-state index contributed by atoms with van der Waals surface area (Å²) in [7, 11) is 0. The molecule has 1 fully saturated rings. The van der Waals surface area contributed by atoms with Gasteiger partial charge in [0.25, 0.3) is 0 Å². The van der Waals surface area contributed by atoms with Gasteiger partial charge in [-0.1, -0.05) is 42.5 Å². The summed E-state index contributed by atoms with van der Waals surface area (Å²) in [5.74, 6) is 1.14. The van der Waals surface area contributed by atoms with Gasteiger partial charge < -0.3 is 24.6 Å². The third-order valence-corrected chi connectivity index (χ3v) is 6.45. The van der Waals surface area contributed by atoms with Gasteiger partial charge in [0.05, 0.1) is 16.9 Å². The number of rotatable bonds is 5. The van der Waals surface area contributed by atoms with Crippen molar-refractivity contribution in [3.63, 3.8) is 0 Å². The normalized spacial score (nSPS) is 17.3. The fourth-order valence-corrected chi connectivity index (χ4v) is 4.45. The Morgan fingerprint density at radius 1 is 0.970 bits per heavy atom. The summed E-state index contributed by atoms with van der Waals surface area (Å²) in [6.07, 6.45) is 0.961. The molecule has 0 unspecified atom stereocenters. The number of piperidine rings is 1. The molecule has 0 spiro atoms. The maximum Gasteiger partial charge on any atom is 0.149 e. The zero-order chi connectivity index (χ0) is 22.8. The van der Waals surface area contributed by atoms with Gasteiger partial charge in [-0.3, -0.25) is 0 Å². The van der Waals surface area contributed by atoms with E-state index in [0.29, 0.717) is 55.3 Å². The van der Waals surface area contributed by atoms with Crippen molar-refractivity contribution in [2.45, 2.75) is 25.0 Å². The number of aliphatic hydroxyl groups excluding tert-OH is 1. The lowest BCUT2D eigenvalue weighted by molar-refractivity contribution is -0.0206. The molecule has 6 heteroatoms. The van der Waals surface area contributed by atoms with Crippen molar-refractivity contribution < 1.29 is 24.1 Å². The van der Waals surface area contributed by atoms with E-state index in [4.69, 9.17) is 9.47 Å². The number of fused-ring (bicyclic) bond motifs is 1. The lowest BCUT2D eigenvalue weighted by atomic mass is 9.84. The Hall–Kier alpha value is -3.51. The van der Waals surface area contributed by atoms with Crippen molar-refractivity contribution >= 4 is 5.76 Å². The van der Waals surface area contributed by atoms with E-state index < -0.39 is 5.60 Å². The molecular formula is C27H26FNO4. The molecule has 170 valence electrons. The number of hydrogen-bond donors (Lipinski definition) is 2. The van der Waals surface area contributed by atoms with Crippen LogP contribution in [0.1, 0.15) is 29.5 Å². The number of likely N-dealkylation sites (tertiary alicyclic amines) is 1. The first-order valence-corrected chi connectivity index (χ1v) is 11.1. The highest BCUT2D eigenvalue weighted by molar-refractivity contribution is 5.70. The Morgan fingerprint density at radius 3 is 2.42 bits per heavy atom. The van der Waals surface area contributed by atoms with Gasteiger partial charge in [0.2, 0.25) is 0 Å². The van der Waals surface area contributed by atoms with Crippen LogP contribution in [0.4, 0.5) is 4.39 Å². The Labute approximate surface area is 192 Å². The molecular weight excluding hydrogens is 421 g/mol. The smallest absolute Gasteiger partial charge is 0.149 e. The topological polar surface area (TPSA) is 62.2 Å². The molecule has 1 saturated heterocycles. The molecule has 0 saturated carbocycles. The van der Waals surface area contributed by atoms with Crippen LogP contribution in [-0.4, -0.2) is 34.8 Å². The molecule has 3 aromatic rings. The molecule has 33 heavy (non-hydrogen) atoms. The molecule has 5 rings (SSSR count). The van der Waals surface area contributed by atoms with Gasteiger partial charge in [0.15, 0.2) is 0 Å². The lowest BCUT2D eigenvalue weighted by Gasteiger charge is -2.41. The Morgan fingerprint density at radius 2 is 1.70 bits per heavy atom. The van der Waals surface area contributed by atoms with E-state index in [-0.39, 0.29) is 18.2 Å². The van der Waals surface area contributed by atoms with Gasteiger partial charge in [0.1, 0.15) is 36.3 Å². The largest absolute Gasteiger partial charge is 0.505 e. The van der Waals surface area contributed by atoms with Crippen molar-refractivity contribution in [3.05, 3.63) is 101 Å². The third kappa shape index (κ3) is 4.39. The van der Waals surface area contributed by atoms with Gasteiger partial charge in [-0.15, -0.1) is 0 Å². The van der Waals surface area contributed by atoms with Crippen molar-refractivity contribution in [1.29, 1.82) is 0 Å². The number of aliphatic hydroxyl groups is 2. The van der Waals surface area contributed by atoms with E-state index in [0.717, 1.165) is 11.1 Å². The molecule has 2 heterocycles. The fourth-order valence-electron chi connectivity index (χ4n) is 4.45. The highest BCUT2D eigenvalue weighted by Gasteiger charge is 2.36. The Balaban J connectivity index is 1.27. The van der Waals surface area contributed by atoms with Crippen LogP contribution < -0.4 is 9.47 Å². The van der Waals surface area contributed by atoms with E-state index in [2.05, 4.69) is 4.90 Å². The fraction of sp³-hybridized carbons (Fsp3) is 0.259. The summed E-state index contributed by atoms with van der Waals surface area (Å²) in [6.45, 7) is 1.82. The average molecular weight is 448 g/mol. The van der Waals surface area contributed by atoms with Gasteiger partial charge in [-0.05, 0) is 48.2 Å². The van der Waals surface area contributed by atoms with Crippen LogP contribution in [0.3, 0.4) is 0 Å². The number of ether oxygens (including phenoxy) is 2.